The molecule has 0 saturated heterocycles. The molecule has 0 unspecified atom stereocenters. The molecule has 0 aliphatic heterocycles. The first kappa shape index (κ1) is 19.6. The van der Waals surface area contributed by atoms with Crippen LogP contribution in [0.25, 0.3) is 10.9 Å². The van der Waals surface area contributed by atoms with Crippen LogP contribution in [0.3, 0.4) is 0 Å². The lowest BCUT2D eigenvalue weighted by Crippen LogP contribution is -2.23. The predicted octanol–water partition coefficient (Wildman–Crippen LogP) is 4.77. The molecule has 3 aromatic rings. The molecule has 3 rings (SSSR count). The molecule has 0 bridgehead atoms. The summed E-state index contributed by atoms with van der Waals surface area (Å²) in [6.07, 6.45) is 1.67. The van der Waals surface area contributed by atoms with E-state index >= 15 is 0 Å². The monoisotopic (exact) mass is 404 g/mol. The van der Waals surface area contributed by atoms with Gasteiger partial charge in [-0.15, -0.1) is 6.58 Å². The Morgan fingerprint density at radius 2 is 2.11 bits per heavy atom. The van der Waals surface area contributed by atoms with Crippen LogP contribution in [0.2, 0.25) is 5.02 Å². The van der Waals surface area contributed by atoms with Crippen molar-refractivity contribution in [2.24, 2.45) is 0 Å². The Morgan fingerprint density at radius 1 is 1.37 bits per heavy atom. The van der Waals surface area contributed by atoms with E-state index in [1.807, 2.05) is 27.7 Å². The van der Waals surface area contributed by atoms with Gasteiger partial charge in [0.05, 0.1) is 16.2 Å². The summed E-state index contributed by atoms with van der Waals surface area (Å²) in [6.45, 7) is 12.1. The van der Waals surface area contributed by atoms with Crippen molar-refractivity contribution in [1.82, 2.24) is 19.7 Å². The molecule has 0 amide bonds. The van der Waals surface area contributed by atoms with Gasteiger partial charge >= 0.3 is 0 Å². The van der Waals surface area contributed by atoms with Crippen molar-refractivity contribution in [3.8, 4) is 0 Å². The third kappa shape index (κ3) is 4.09. The predicted molar refractivity (Wildman–Crippen MR) is 108 cm³/mol. The van der Waals surface area contributed by atoms with E-state index in [9.17, 15) is 4.79 Å². The third-order valence-corrected chi connectivity index (χ3v) is 5.25. The molecule has 0 radical (unpaired) electrons. The maximum Gasteiger partial charge on any atom is 0.262 e. The Morgan fingerprint density at radius 3 is 2.74 bits per heavy atom. The van der Waals surface area contributed by atoms with Crippen molar-refractivity contribution in [3.05, 3.63) is 57.9 Å². The highest BCUT2D eigenvalue weighted by atomic mass is 35.5. The van der Waals surface area contributed by atoms with Gasteiger partial charge in [-0.2, -0.15) is 4.98 Å². The topological polar surface area (TPSA) is 73.8 Å². The van der Waals surface area contributed by atoms with E-state index in [2.05, 4.69) is 21.7 Å². The fourth-order valence-electron chi connectivity index (χ4n) is 2.47. The molecule has 0 saturated carbocycles. The maximum atomic E-state index is 12.9. The van der Waals surface area contributed by atoms with Gasteiger partial charge in [-0.1, -0.05) is 55.4 Å². The minimum atomic E-state index is -0.197. The second-order valence-corrected chi connectivity index (χ2v) is 8.97. The van der Waals surface area contributed by atoms with E-state index in [4.69, 9.17) is 16.1 Å². The van der Waals surface area contributed by atoms with Crippen molar-refractivity contribution < 1.29 is 4.52 Å². The molecule has 0 aliphatic rings. The molecule has 0 aliphatic carbocycles. The van der Waals surface area contributed by atoms with Crippen LogP contribution in [-0.4, -0.2) is 19.7 Å². The van der Waals surface area contributed by atoms with Crippen LogP contribution in [-0.2, 0) is 12.0 Å². The number of fused-ring (bicyclic) bond motifs is 1. The first-order valence-corrected chi connectivity index (χ1v) is 9.78. The van der Waals surface area contributed by atoms with Gasteiger partial charge in [0.15, 0.2) is 11.0 Å². The average Bonchev–Trinajstić information content (AvgIpc) is 3.09. The van der Waals surface area contributed by atoms with Crippen molar-refractivity contribution >= 4 is 34.3 Å². The molecule has 27 heavy (non-hydrogen) atoms. The Kier molecular flexibility index (Phi) is 5.44. The Bertz CT molecular complexity index is 1050. The van der Waals surface area contributed by atoms with Gasteiger partial charge in [0.25, 0.3) is 5.56 Å². The van der Waals surface area contributed by atoms with Gasteiger partial charge in [0.1, 0.15) is 0 Å². The van der Waals surface area contributed by atoms with Gasteiger partial charge in [0.2, 0.25) is 5.89 Å². The quantitative estimate of drug-likeness (QED) is 0.346. The van der Waals surface area contributed by atoms with Gasteiger partial charge in [-0.05, 0) is 25.1 Å². The number of thioether (sulfide) groups is 1. The first-order valence-electron chi connectivity index (χ1n) is 8.52. The van der Waals surface area contributed by atoms with Crippen LogP contribution in [0.5, 0.6) is 0 Å². The van der Waals surface area contributed by atoms with Crippen LogP contribution >= 0.6 is 23.4 Å². The van der Waals surface area contributed by atoms with E-state index in [-0.39, 0.29) is 16.2 Å². The van der Waals surface area contributed by atoms with E-state index in [1.165, 1.54) is 11.8 Å². The number of allylic oxidation sites excluding steroid dienone is 1. The maximum absolute atomic E-state index is 12.9. The second-order valence-electron chi connectivity index (χ2n) is 7.23. The molecule has 8 heteroatoms. The SMILES string of the molecule is C=CCn1c(S[C@H](C)c2nc(C(C)(C)C)no2)nc2ccc(Cl)cc2c1=O. The van der Waals surface area contributed by atoms with Crippen molar-refractivity contribution in [2.75, 3.05) is 0 Å². The largest absolute Gasteiger partial charge is 0.338 e. The highest BCUT2D eigenvalue weighted by molar-refractivity contribution is 7.99. The smallest absolute Gasteiger partial charge is 0.262 e. The average molecular weight is 405 g/mol. The summed E-state index contributed by atoms with van der Waals surface area (Å²) < 4.78 is 7.00. The number of halogens is 1. The lowest BCUT2D eigenvalue weighted by Gasteiger charge is -2.14. The van der Waals surface area contributed by atoms with Crippen LogP contribution in [0.1, 0.15) is 44.7 Å². The zero-order valence-corrected chi connectivity index (χ0v) is 17.3. The standard InChI is InChI=1S/C19H21ClN4O2S/c1-6-9-24-16(25)13-10-12(20)7-8-14(13)21-18(24)27-11(2)15-22-17(23-26-15)19(3,4)5/h6-8,10-11H,1,9H2,2-5H3/t11-/m1/s1. The molecule has 0 fully saturated rings. The fourth-order valence-corrected chi connectivity index (χ4v) is 3.59. The lowest BCUT2D eigenvalue weighted by atomic mass is 9.96. The number of nitrogens with zero attached hydrogens (tertiary/aromatic N) is 4. The summed E-state index contributed by atoms with van der Waals surface area (Å²) >= 11 is 7.43. The number of rotatable bonds is 5. The summed E-state index contributed by atoms with van der Waals surface area (Å²) in [5, 5.41) is 5.45. The normalized spacial score (nSPS) is 13.1. The third-order valence-electron chi connectivity index (χ3n) is 3.94. The molecule has 2 heterocycles. The van der Waals surface area contributed by atoms with Crippen molar-refractivity contribution in [2.45, 2.75) is 50.1 Å². The Balaban J connectivity index is 2.01. The summed E-state index contributed by atoms with van der Waals surface area (Å²) in [6, 6.07) is 5.10. The summed E-state index contributed by atoms with van der Waals surface area (Å²) in [5.74, 6) is 1.15. The number of hydrogen-bond donors (Lipinski definition) is 0. The van der Waals surface area contributed by atoms with Crippen LogP contribution < -0.4 is 5.56 Å². The second kappa shape index (κ2) is 7.48. The fraction of sp³-hybridized carbons (Fsp3) is 0.368. The Labute approximate surface area is 166 Å². The summed E-state index contributed by atoms with van der Waals surface area (Å²) in [4.78, 5) is 22.0. The van der Waals surface area contributed by atoms with E-state index in [1.54, 1.807) is 28.8 Å². The van der Waals surface area contributed by atoms with Gasteiger partial charge in [-0.3, -0.25) is 9.36 Å². The minimum Gasteiger partial charge on any atom is -0.338 e. The van der Waals surface area contributed by atoms with Crippen molar-refractivity contribution in [1.29, 1.82) is 0 Å². The van der Waals surface area contributed by atoms with E-state index in [0.29, 0.717) is 39.3 Å². The molecule has 0 N–H and O–H groups in total. The van der Waals surface area contributed by atoms with E-state index in [0.717, 1.165) is 0 Å². The van der Waals surface area contributed by atoms with Crippen LogP contribution in [0.15, 0.2) is 45.3 Å². The minimum absolute atomic E-state index is 0.155. The summed E-state index contributed by atoms with van der Waals surface area (Å²) in [5.41, 5.74) is 0.246. The number of hydrogen-bond acceptors (Lipinski definition) is 6. The lowest BCUT2D eigenvalue weighted by molar-refractivity contribution is 0.364. The molecule has 2 aromatic heterocycles. The Hall–Kier alpha value is -2.12. The number of aromatic nitrogens is 4. The number of benzene rings is 1. The van der Waals surface area contributed by atoms with Gasteiger partial charge < -0.3 is 4.52 Å². The summed E-state index contributed by atoms with van der Waals surface area (Å²) in [7, 11) is 0. The molecular weight excluding hydrogens is 384 g/mol. The zero-order valence-electron chi connectivity index (χ0n) is 15.7. The van der Waals surface area contributed by atoms with E-state index < -0.39 is 0 Å². The highest BCUT2D eigenvalue weighted by Crippen LogP contribution is 2.34. The molecule has 6 nitrogen and oxygen atoms in total. The van der Waals surface area contributed by atoms with Crippen molar-refractivity contribution in [3.63, 3.8) is 0 Å². The molecule has 1 aromatic carbocycles. The van der Waals surface area contributed by atoms with Gasteiger partial charge in [0, 0.05) is 17.0 Å². The van der Waals surface area contributed by atoms with Crippen LogP contribution in [0, 0.1) is 0 Å². The molecular formula is C19H21ClN4O2S. The highest BCUT2D eigenvalue weighted by Gasteiger charge is 2.24. The molecule has 1 atom stereocenters. The van der Waals surface area contributed by atoms with Crippen LogP contribution in [0.4, 0.5) is 0 Å². The van der Waals surface area contributed by atoms with Gasteiger partial charge in [-0.25, -0.2) is 4.98 Å². The first-order chi connectivity index (χ1) is 12.7. The molecule has 142 valence electrons. The zero-order chi connectivity index (χ0) is 19.8. The molecule has 0 spiro atoms.